The average Bonchev–Trinajstić information content (AvgIpc) is 3.20. The summed E-state index contributed by atoms with van der Waals surface area (Å²) in [4.78, 5) is 13.2. The van der Waals surface area contributed by atoms with Crippen molar-refractivity contribution in [1.29, 1.82) is 0 Å². The van der Waals surface area contributed by atoms with Crippen molar-refractivity contribution in [2.45, 2.75) is 19.4 Å². The van der Waals surface area contributed by atoms with Crippen LogP contribution in [0, 0.1) is 6.92 Å². The Balaban J connectivity index is 1.63. The second kappa shape index (κ2) is 6.22. The van der Waals surface area contributed by atoms with Gasteiger partial charge in [-0.1, -0.05) is 11.6 Å². The predicted octanol–water partition coefficient (Wildman–Crippen LogP) is 3.36. The van der Waals surface area contributed by atoms with Crippen LogP contribution in [0.15, 0.2) is 36.8 Å². The number of sulfone groups is 1. The Labute approximate surface area is 166 Å². The second-order valence-electron chi connectivity index (χ2n) is 7.06. The van der Waals surface area contributed by atoms with Crippen molar-refractivity contribution >= 4 is 43.5 Å². The molecule has 7 nitrogen and oxygen atoms in total. The highest BCUT2D eigenvalue weighted by atomic mass is 35.5. The van der Waals surface area contributed by atoms with Crippen LogP contribution < -0.4 is 0 Å². The summed E-state index contributed by atoms with van der Waals surface area (Å²) in [5, 5.41) is 6.04. The molecule has 0 spiro atoms. The molecule has 4 heterocycles. The van der Waals surface area contributed by atoms with Crippen molar-refractivity contribution in [3.05, 3.63) is 47.5 Å². The molecule has 1 fully saturated rings. The summed E-state index contributed by atoms with van der Waals surface area (Å²) in [6, 6.07) is 5.52. The summed E-state index contributed by atoms with van der Waals surface area (Å²) in [5.41, 5.74) is 4.67. The van der Waals surface area contributed by atoms with Gasteiger partial charge >= 0.3 is 0 Å². The van der Waals surface area contributed by atoms with Crippen LogP contribution in [0.1, 0.15) is 18.2 Å². The third-order valence-electron chi connectivity index (χ3n) is 5.15. The number of aryl methyl sites for hydroxylation is 1. The van der Waals surface area contributed by atoms with Gasteiger partial charge in [0.05, 0.1) is 39.3 Å². The number of aromatic nitrogens is 5. The standard InChI is InChI=1S/C19H16ClN5O2S/c1-11-14-6-12(15-7-17-18(8-16(15)20)22-4-3-21-17)9-23-19(14)25(24-11)13-2-5-28(26,27)10-13/h3-4,6-9,13H,2,5,10H2,1H3. The summed E-state index contributed by atoms with van der Waals surface area (Å²) in [6.45, 7) is 1.90. The number of pyridine rings is 1. The zero-order chi connectivity index (χ0) is 19.5. The molecule has 0 bridgehead atoms. The first-order chi connectivity index (χ1) is 13.4. The largest absolute Gasteiger partial charge is 0.253 e. The zero-order valence-electron chi connectivity index (χ0n) is 15.0. The molecule has 0 saturated carbocycles. The van der Waals surface area contributed by atoms with Crippen LogP contribution in [-0.2, 0) is 9.84 Å². The molecule has 142 valence electrons. The van der Waals surface area contributed by atoms with Gasteiger partial charge in [0.15, 0.2) is 15.5 Å². The summed E-state index contributed by atoms with van der Waals surface area (Å²) in [6.07, 6.45) is 5.59. The first-order valence-corrected chi connectivity index (χ1v) is 11.1. The molecular formula is C19H16ClN5O2S. The highest BCUT2D eigenvalue weighted by Gasteiger charge is 2.31. The van der Waals surface area contributed by atoms with Gasteiger partial charge in [-0.15, -0.1) is 0 Å². The molecule has 1 aromatic carbocycles. The number of rotatable bonds is 2. The number of fused-ring (bicyclic) bond motifs is 2. The first-order valence-electron chi connectivity index (χ1n) is 8.87. The van der Waals surface area contributed by atoms with E-state index in [1.807, 2.05) is 19.1 Å². The van der Waals surface area contributed by atoms with Crippen molar-refractivity contribution in [2.75, 3.05) is 11.5 Å². The molecule has 0 N–H and O–H groups in total. The Kier molecular flexibility index (Phi) is 3.89. The lowest BCUT2D eigenvalue weighted by atomic mass is 10.1. The van der Waals surface area contributed by atoms with Crippen molar-refractivity contribution in [3.8, 4) is 11.1 Å². The first kappa shape index (κ1) is 17.5. The highest BCUT2D eigenvalue weighted by molar-refractivity contribution is 7.91. The number of hydrogen-bond acceptors (Lipinski definition) is 6. The van der Waals surface area contributed by atoms with Crippen LogP contribution in [0.4, 0.5) is 0 Å². The van der Waals surface area contributed by atoms with Gasteiger partial charge in [-0.3, -0.25) is 9.97 Å². The van der Waals surface area contributed by atoms with Crippen LogP contribution in [0.3, 0.4) is 0 Å². The van der Waals surface area contributed by atoms with Gasteiger partial charge in [-0.25, -0.2) is 18.1 Å². The second-order valence-corrected chi connectivity index (χ2v) is 9.70. The van der Waals surface area contributed by atoms with Gasteiger partial charge < -0.3 is 0 Å². The van der Waals surface area contributed by atoms with Crippen LogP contribution >= 0.6 is 11.6 Å². The Morgan fingerprint density at radius 1 is 1.11 bits per heavy atom. The van der Waals surface area contributed by atoms with Gasteiger partial charge in [-0.05, 0) is 31.5 Å². The maximum Gasteiger partial charge on any atom is 0.158 e. The molecule has 9 heteroatoms. The molecule has 0 radical (unpaired) electrons. The molecular weight excluding hydrogens is 398 g/mol. The number of halogens is 1. The van der Waals surface area contributed by atoms with Crippen molar-refractivity contribution < 1.29 is 8.42 Å². The van der Waals surface area contributed by atoms with E-state index in [0.717, 1.165) is 33.2 Å². The number of hydrogen-bond donors (Lipinski definition) is 0. The summed E-state index contributed by atoms with van der Waals surface area (Å²) in [5.74, 6) is 0.311. The fourth-order valence-electron chi connectivity index (χ4n) is 3.75. The maximum absolute atomic E-state index is 11.9. The number of nitrogens with zero attached hydrogens (tertiary/aromatic N) is 5. The van der Waals surface area contributed by atoms with Crippen molar-refractivity contribution in [2.24, 2.45) is 0 Å². The molecule has 1 saturated heterocycles. The lowest BCUT2D eigenvalue weighted by Gasteiger charge is -2.10. The van der Waals surface area contributed by atoms with E-state index >= 15 is 0 Å². The van der Waals surface area contributed by atoms with E-state index in [0.29, 0.717) is 17.1 Å². The lowest BCUT2D eigenvalue weighted by Crippen LogP contribution is -2.13. The third kappa shape index (κ3) is 2.84. The molecule has 1 atom stereocenters. The number of benzene rings is 1. The fraction of sp³-hybridized carbons (Fsp3) is 0.263. The Bertz CT molecular complexity index is 1350. The molecule has 4 aromatic rings. The molecule has 1 aliphatic rings. The minimum absolute atomic E-state index is 0.113. The summed E-state index contributed by atoms with van der Waals surface area (Å²) in [7, 11) is -3.00. The van der Waals surface area contributed by atoms with Crippen LogP contribution in [0.25, 0.3) is 33.2 Å². The van der Waals surface area contributed by atoms with Crippen molar-refractivity contribution in [3.63, 3.8) is 0 Å². The molecule has 5 rings (SSSR count). The minimum Gasteiger partial charge on any atom is -0.253 e. The lowest BCUT2D eigenvalue weighted by molar-refractivity contribution is 0.509. The predicted molar refractivity (Wildman–Crippen MR) is 108 cm³/mol. The Morgan fingerprint density at radius 2 is 1.86 bits per heavy atom. The Hall–Kier alpha value is -2.58. The van der Waals surface area contributed by atoms with E-state index in [4.69, 9.17) is 11.6 Å². The van der Waals surface area contributed by atoms with Gasteiger partial charge in [0.2, 0.25) is 0 Å². The van der Waals surface area contributed by atoms with Crippen LogP contribution in [0.2, 0.25) is 5.02 Å². The van der Waals surface area contributed by atoms with E-state index in [-0.39, 0.29) is 17.5 Å². The summed E-state index contributed by atoms with van der Waals surface area (Å²) >= 11 is 6.49. The van der Waals surface area contributed by atoms with Crippen LogP contribution in [-0.4, -0.2) is 44.7 Å². The molecule has 0 amide bonds. The van der Waals surface area contributed by atoms with E-state index in [2.05, 4.69) is 20.1 Å². The normalized spacial score (nSPS) is 18.9. The van der Waals surface area contributed by atoms with E-state index < -0.39 is 9.84 Å². The topological polar surface area (TPSA) is 90.6 Å². The minimum atomic E-state index is -3.00. The van der Waals surface area contributed by atoms with E-state index in [1.54, 1.807) is 29.3 Å². The van der Waals surface area contributed by atoms with Gasteiger partial charge in [0.1, 0.15) is 0 Å². The van der Waals surface area contributed by atoms with Gasteiger partial charge in [0.25, 0.3) is 0 Å². The highest BCUT2D eigenvalue weighted by Crippen LogP contribution is 2.34. The summed E-state index contributed by atoms with van der Waals surface area (Å²) < 4.78 is 25.5. The fourth-order valence-corrected chi connectivity index (χ4v) is 5.70. The Morgan fingerprint density at radius 3 is 2.57 bits per heavy atom. The smallest absolute Gasteiger partial charge is 0.158 e. The monoisotopic (exact) mass is 413 g/mol. The van der Waals surface area contributed by atoms with Crippen molar-refractivity contribution in [1.82, 2.24) is 24.7 Å². The molecule has 1 unspecified atom stereocenters. The average molecular weight is 414 g/mol. The van der Waals surface area contributed by atoms with Crippen LogP contribution in [0.5, 0.6) is 0 Å². The quantitative estimate of drug-likeness (QED) is 0.500. The molecule has 0 aliphatic carbocycles. The third-order valence-corrected chi connectivity index (χ3v) is 7.22. The maximum atomic E-state index is 11.9. The van der Waals surface area contributed by atoms with Gasteiger partial charge in [0, 0.05) is 35.1 Å². The zero-order valence-corrected chi connectivity index (χ0v) is 16.6. The SMILES string of the molecule is Cc1nn(C2CCS(=O)(=O)C2)c2ncc(-c3cc4nccnc4cc3Cl)cc12. The van der Waals surface area contributed by atoms with E-state index in [1.165, 1.54) is 0 Å². The van der Waals surface area contributed by atoms with Gasteiger partial charge in [-0.2, -0.15) is 5.10 Å². The van der Waals surface area contributed by atoms with E-state index in [9.17, 15) is 8.42 Å². The molecule has 3 aromatic heterocycles. The molecule has 28 heavy (non-hydrogen) atoms. The molecule has 1 aliphatic heterocycles.